The van der Waals surface area contributed by atoms with E-state index in [0.29, 0.717) is 13.3 Å². The fourth-order valence-electron chi connectivity index (χ4n) is 2.03. The van der Waals surface area contributed by atoms with E-state index in [2.05, 4.69) is 0 Å². The zero-order valence-corrected chi connectivity index (χ0v) is 9.06. The molecule has 1 saturated carbocycles. The molecular formula is C11H16F2O2. The third-order valence-electron chi connectivity index (χ3n) is 3.08. The number of rotatable bonds is 3. The van der Waals surface area contributed by atoms with E-state index < -0.39 is 17.6 Å². The monoisotopic (exact) mass is 218 g/mol. The Kier molecular flexibility index (Phi) is 3.58. The maximum atomic E-state index is 12.8. The van der Waals surface area contributed by atoms with Gasteiger partial charge >= 0.3 is 5.92 Å². The smallest absolute Gasteiger partial charge is 0.299 e. The van der Waals surface area contributed by atoms with Crippen LogP contribution in [0.5, 0.6) is 0 Å². The van der Waals surface area contributed by atoms with Gasteiger partial charge in [-0.1, -0.05) is 13.3 Å². The van der Waals surface area contributed by atoms with Gasteiger partial charge in [-0.15, -0.1) is 0 Å². The summed E-state index contributed by atoms with van der Waals surface area (Å²) in [5.74, 6) is -5.73. The first-order valence-corrected chi connectivity index (χ1v) is 5.31. The van der Waals surface area contributed by atoms with Gasteiger partial charge in [0.25, 0.3) is 0 Å². The van der Waals surface area contributed by atoms with Gasteiger partial charge in [-0.05, 0) is 18.8 Å². The lowest BCUT2D eigenvalue weighted by molar-refractivity contribution is -0.151. The topological polar surface area (TPSA) is 34.1 Å². The van der Waals surface area contributed by atoms with Crippen molar-refractivity contribution >= 4 is 11.6 Å². The van der Waals surface area contributed by atoms with Gasteiger partial charge in [0.1, 0.15) is 5.78 Å². The van der Waals surface area contributed by atoms with E-state index in [0.717, 1.165) is 12.8 Å². The van der Waals surface area contributed by atoms with Gasteiger partial charge < -0.3 is 0 Å². The van der Waals surface area contributed by atoms with Crippen molar-refractivity contribution in [3.63, 3.8) is 0 Å². The second kappa shape index (κ2) is 4.37. The molecule has 0 saturated heterocycles. The highest BCUT2D eigenvalue weighted by atomic mass is 19.3. The SMILES string of the molecule is CCC1CCC(=O)C(C(=O)C(C)(F)F)C1. The van der Waals surface area contributed by atoms with Crippen molar-refractivity contribution in [2.45, 2.75) is 45.5 Å². The Morgan fingerprint density at radius 3 is 2.60 bits per heavy atom. The number of carbonyl (C=O) groups is 2. The summed E-state index contributed by atoms with van der Waals surface area (Å²) in [4.78, 5) is 22.7. The lowest BCUT2D eigenvalue weighted by Gasteiger charge is -2.27. The molecule has 0 aromatic heterocycles. The Morgan fingerprint density at radius 1 is 1.53 bits per heavy atom. The predicted octanol–water partition coefficient (Wildman–Crippen LogP) is 2.61. The van der Waals surface area contributed by atoms with Crippen molar-refractivity contribution in [1.29, 1.82) is 0 Å². The summed E-state index contributed by atoms with van der Waals surface area (Å²) in [6, 6.07) is 0. The van der Waals surface area contributed by atoms with Gasteiger partial charge in [0, 0.05) is 13.3 Å². The standard InChI is InChI=1S/C11H16F2O2/c1-3-7-4-5-9(14)8(6-7)10(15)11(2,12)13/h7-8H,3-6H2,1-2H3. The molecule has 86 valence electrons. The van der Waals surface area contributed by atoms with Gasteiger partial charge in [0.05, 0.1) is 5.92 Å². The molecule has 0 amide bonds. The van der Waals surface area contributed by atoms with Crippen molar-refractivity contribution in [2.75, 3.05) is 0 Å². The van der Waals surface area contributed by atoms with E-state index in [1.807, 2.05) is 6.92 Å². The zero-order chi connectivity index (χ0) is 11.6. The van der Waals surface area contributed by atoms with Crippen molar-refractivity contribution in [3.05, 3.63) is 0 Å². The number of Topliss-reactive ketones (excluding diaryl/α,β-unsaturated/α-hetero) is 2. The number of hydrogen-bond donors (Lipinski definition) is 0. The summed E-state index contributed by atoms with van der Waals surface area (Å²) in [6.45, 7) is 2.52. The van der Waals surface area contributed by atoms with Crippen molar-refractivity contribution in [3.8, 4) is 0 Å². The molecule has 0 aromatic rings. The predicted molar refractivity (Wildman–Crippen MR) is 51.8 cm³/mol. The van der Waals surface area contributed by atoms with E-state index in [1.165, 1.54) is 0 Å². The summed E-state index contributed by atoms with van der Waals surface area (Å²) >= 11 is 0. The molecule has 1 rings (SSSR count). The van der Waals surface area contributed by atoms with E-state index in [1.54, 1.807) is 0 Å². The average molecular weight is 218 g/mol. The summed E-state index contributed by atoms with van der Waals surface area (Å²) in [6.07, 6.45) is 2.14. The van der Waals surface area contributed by atoms with Crippen LogP contribution in [0.3, 0.4) is 0 Å². The Morgan fingerprint density at radius 2 is 2.13 bits per heavy atom. The first-order valence-electron chi connectivity index (χ1n) is 5.31. The summed E-state index contributed by atoms with van der Waals surface area (Å²) < 4.78 is 25.6. The zero-order valence-electron chi connectivity index (χ0n) is 9.06. The first kappa shape index (κ1) is 12.3. The average Bonchev–Trinajstić information content (AvgIpc) is 2.16. The van der Waals surface area contributed by atoms with E-state index >= 15 is 0 Å². The van der Waals surface area contributed by atoms with Gasteiger partial charge in [0.2, 0.25) is 5.78 Å². The fraction of sp³-hybridized carbons (Fsp3) is 0.818. The molecule has 0 heterocycles. The molecule has 2 nitrogen and oxygen atoms in total. The van der Waals surface area contributed by atoms with E-state index in [4.69, 9.17) is 0 Å². The van der Waals surface area contributed by atoms with Crippen LogP contribution in [-0.2, 0) is 9.59 Å². The molecule has 0 bridgehead atoms. The minimum Gasteiger partial charge on any atom is -0.299 e. The molecule has 1 aliphatic rings. The highest BCUT2D eigenvalue weighted by Gasteiger charge is 2.43. The van der Waals surface area contributed by atoms with Gasteiger partial charge in [-0.2, -0.15) is 8.78 Å². The molecule has 0 radical (unpaired) electrons. The van der Waals surface area contributed by atoms with E-state index in [9.17, 15) is 18.4 Å². The molecule has 0 N–H and O–H groups in total. The summed E-state index contributed by atoms with van der Waals surface area (Å²) in [5.41, 5.74) is 0. The third kappa shape index (κ3) is 2.83. The highest BCUT2D eigenvalue weighted by Crippen LogP contribution is 2.32. The number of ketones is 2. The van der Waals surface area contributed by atoms with Crippen LogP contribution >= 0.6 is 0 Å². The van der Waals surface area contributed by atoms with Crippen LogP contribution in [0.1, 0.15) is 39.5 Å². The van der Waals surface area contributed by atoms with Crippen molar-refractivity contribution in [2.24, 2.45) is 11.8 Å². The Balaban J connectivity index is 2.74. The van der Waals surface area contributed by atoms with Crippen molar-refractivity contribution < 1.29 is 18.4 Å². The first-order chi connectivity index (χ1) is 6.86. The van der Waals surface area contributed by atoms with Gasteiger partial charge in [-0.25, -0.2) is 0 Å². The lowest BCUT2D eigenvalue weighted by atomic mass is 9.76. The minimum absolute atomic E-state index is 0.235. The Labute approximate surface area is 88.0 Å². The molecule has 0 aliphatic heterocycles. The summed E-state index contributed by atoms with van der Waals surface area (Å²) in [7, 11) is 0. The Bertz CT molecular complexity index is 268. The highest BCUT2D eigenvalue weighted by molar-refractivity contribution is 6.05. The van der Waals surface area contributed by atoms with Gasteiger partial charge in [0.15, 0.2) is 0 Å². The third-order valence-corrected chi connectivity index (χ3v) is 3.08. The van der Waals surface area contributed by atoms with Crippen LogP contribution in [0.2, 0.25) is 0 Å². The van der Waals surface area contributed by atoms with Crippen molar-refractivity contribution in [1.82, 2.24) is 0 Å². The van der Waals surface area contributed by atoms with Crippen LogP contribution in [0, 0.1) is 11.8 Å². The molecule has 2 atom stereocenters. The second-order valence-electron chi connectivity index (χ2n) is 4.32. The molecule has 0 aromatic carbocycles. The normalized spacial score (nSPS) is 27.9. The van der Waals surface area contributed by atoms with Crippen LogP contribution in [-0.4, -0.2) is 17.5 Å². The second-order valence-corrected chi connectivity index (χ2v) is 4.32. The van der Waals surface area contributed by atoms with Crippen LogP contribution < -0.4 is 0 Å². The molecule has 2 unspecified atom stereocenters. The van der Waals surface area contributed by atoms with Crippen LogP contribution in [0.4, 0.5) is 8.78 Å². The van der Waals surface area contributed by atoms with Crippen LogP contribution in [0.15, 0.2) is 0 Å². The maximum absolute atomic E-state index is 12.8. The lowest BCUT2D eigenvalue weighted by Crippen LogP contribution is -2.39. The molecule has 1 aliphatic carbocycles. The van der Waals surface area contributed by atoms with E-state index in [-0.39, 0.29) is 18.1 Å². The number of carbonyl (C=O) groups excluding carboxylic acids is 2. The molecule has 4 heteroatoms. The van der Waals surface area contributed by atoms with Crippen LogP contribution in [0.25, 0.3) is 0 Å². The molecule has 15 heavy (non-hydrogen) atoms. The minimum atomic E-state index is -3.38. The number of halogens is 2. The molecule has 0 spiro atoms. The maximum Gasteiger partial charge on any atom is 0.303 e. The quantitative estimate of drug-likeness (QED) is 0.682. The number of hydrogen-bond acceptors (Lipinski definition) is 2. The molecular weight excluding hydrogens is 202 g/mol. The number of alkyl halides is 2. The Hall–Kier alpha value is -0.800. The largest absolute Gasteiger partial charge is 0.303 e. The molecule has 1 fully saturated rings. The fourth-order valence-corrected chi connectivity index (χ4v) is 2.03. The summed E-state index contributed by atoms with van der Waals surface area (Å²) in [5, 5.41) is 0. The van der Waals surface area contributed by atoms with Gasteiger partial charge in [-0.3, -0.25) is 9.59 Å².